The highest BCUT2D eigenvalue weighted by Crippen LogP contribution is 2.20. The molecule has 0 aliphatic heterocycles. The lowest BCUT2D eigenvalue weighted by atomic mass is 9.97. The summed E-state index contributed by atoms with van der Waals surface area (Å²) in [5, 5.41) is 0. The smallest absolute Gasteiger partial charge is 0.310 e. The molecular weight excluding hydrogens is 318 g/mol. The van der Waals surface area contributed by atoms with Crippen LogP contribution in [0.3, 0.4) is 0 Å². The predicted molar refractivity (Wildman–Crippen MR) is 96.7 cm³/mol. The molecule has 136 valence electrons. The standard InChI is InChI=1S/C20H27NO4/c1-16(20(23)24-2)15-21(13-12-17-7-4-3-5-8-17)19(22)11-10-18-9-6-14-25-18/h6-7,9-11,14,16H,3-5,8,12-13,15H2,1-2H3/b11-10+. The van der Waals surface area contributed by atoms with Gasteiger partial charge in [0.2, 0.25) is 5.91 Å². The Morgan fingerprint density at radius 1 is 1.40 bits per heavy atom. The second-order valence-electron chi connectivity index (χ2n) is 6.42. The van der Waals surface area contributed by atoms with Gasteiger partial charge in [-0.15, -0.1) is 0 Å². The molecule has 1 aliphatic rings. The van der Waals surface area contributed by atoms with Gasteiger partial charge in [0, 0.05) is 19.2 Å². The molecule has 0 N–H and O–H groups in total. The van der Waals surface area contributed by atoms with Gasteiger partial charge in [0.1, 0.15) is 5.76 Å². The summed E-state index contributed by atoms with van der Waals surface area (Å²) < 4.78 is 10.00. The number of carbonyl (C=O) groups is 2. The molecule has 1 unspecified atom stereocenters. The first kappa shape index (κ1) is 19.0. The van der Waals surface area contributed by atoms with Crippen molar-refractivity contribution in [1.29, 1.82) is 0 Å². The molecule has 0 saturated carbocycles. The summed E-state index contributed by atoms with van der Waals surface area (Å²) in [5.74, 6) is -0.149. The van der Waals surface area contributed by atoms with Crippen molar-refractivity contribution < 1.29 is 18.7 Å². The molecule has 1 amide bonds. The van der Waals surface area contributed by atoms with E-state index in [-0.39, 0.29) is 17.8 Å². The Kier molecular flexibility index (Phi) is 7.51. The minimum absolute atomic E-state index is 0.122. The Bertz CT molecular complexity index is 616. The second kappa shape index (κ2) is 9.87. The molecule has 1 aliphatic carbocycles. The maximum atomic E-state index is 12.6. The lowest BCUT2D eigenvalue weighted by molar-refractivity contribution is -0.146. The third-order valence-corrected chi connectivity index (χ3v) is 4.43. The molecule has 1 aromatic rings. The fourth-order valence-corrected chi connectivity index (χ4v) is 2.95. The number of methoxy groups -OCH3 is 1. The average molecular weight is 345 g/mol. The summed E-state index contributed by atoms with van der Waals surface area (Å²) in [6.45, 7) is 2.73. The molecule has 2 rings (SSSR count). The van der Waals surface area contributed by atoms with Crippen LogP contribution in [0.5, 0.6) is 0 Å². The summed E-state index contributed by atoms with van der Waals surface area (Å²) >= 11 is 0. The highest BCUT2D eigenvalue weighted by molar-refractivity contribution is 5.91. The molecular formula is C20H27NO4. The third kappa shape index (κ3) is 6.25. The highest BCUT2D eigenvalue weighted by Gasteiger charge is 2.20. The molecule has 0 saturated heterocycles. The molecule has 0 spiro atoms. The molecule has 0 bridgehead atoms. The second-order valence-corrected chi connectivity index (χ2v) is 6.42. The van der Waals surface area contributed by atoms with Gasteiger partial charge in [-0.1, -0.05) is 18.6 Å². The van der Waals surface area contributed by atoms with Crippen molar-refractivity contribution in [2.24, 2.45) is 5.92 Å². The van der Waals surface area contributed by atoms with E-state index in [9.17, 15) is 9.59 Å². The zero-order valence-electron chi connectivity index (χ0n) is 15.1. The minimum Gasteiger partial charge on any atom is -0.469 e. The molecule has 0 aromatic carbocycles. The van der Waals surface area contributed by atoms with E-state index in [1.54, 1.807) is 36.3 Å². The van der Waals surface area contributed by atoms with E-state index in [1.807, 2.05) is 0 Å². The topological polar surface area (TPSA) is 59.8 Å². The van der Waals surface area contributed by atoms with Crippen LogP contribution in [-0.2, 0) is 14.3 Å². The molecule has 0 fully saturated rings. The van der Waals surface area contributed by atoms with E-state index < -0.39 is 0 Å². The van der Waals surface area contributed by atoms with Gasteiger partial charge in [0.25, 0.3) is 0 Å². The number of furan rings is 1. The maximum absolute atomic E-state index is 12.6. The quantitative estimate of drug-likeness (QED) is 0.408. The molecule has 5 heteroatoms. The maximum Gasteiger partial charge on any atom is 0.310 e. The number of hydrogen-bond acceptors (Lipinski definition) is 4. The van der Waals surface area contributed by atoms with Gasteiger partial charge in [-0.3, -0.25) is 9.59 Å². The van der Waals surface area contributed by atoms with Crippen molar-refractivity contribution >= 4 is 18.0 Å². The van der Waals surface area contributed by atoms with E-state index in [0.717, 1.165) is 19.3 Å². The Morgan fingerprint density at radius 2 is 2.24 bits per heavy atom. The molecule has 1 aromatic heterocycles. The minimum atomic E-state index is -0.355. The monoisotopic (exact) mass is 345 g/mol. The third-order valence-electron chi connectivity index (χ3n) is 4.43. The lowest BCUT2D eigenvalue weighted by Crippen LogP contribution is -2.37. The van der Waals surface area contributed by atoms with Crippen LogP contribution in [0.4, 0.5) is 0 Å². The first-order valence-electron chi connectivity index (χ1n) is 8.86. The van der Waals surface area contributed by atoms with Crippen LogP contribution in [0.25, 0.3) is 6.08 Å². The van der Waals surface area contributed by atoms with Crippen LogP contribution in [-0.4, -0.2) is 37.0 Å². The Balaban J connectivity index is 2.00. The Morgan fingerprint density at radius 3 is 2.88 bits per heavy atom. The molecule has 1 atom stereocenters. The Hall–Kier alpha value is -2.30. The number of esters is 1. The fourth-order valence-electron chi connectivity index (χ4n) is 2.95. The van der Waals surface area contributed by atoms with Crippen molar-refractivity contribution in [2.75, 3.05) is 20.2 Å². The van der Waals surface area contributed by atoms with Crippen LogP contribution in [0.15, 0.2) is 40.5 Å². The van der Waals surface area contributed by atoms with Crippen LogP contribution >= 0.6 is 0 Å². The summed E-state index contributed by atoms with van der Waals surface area (Å²) in [4.78, 5) is 26.0. The molecule has 0 radical (unpaired) electrons. The number of ether oxygens (including phenoxy) is 1. The van der Waals surface area contributed by atoms with Gasteiger partial charge in [-0.25, -0.2) is 0 Å². The van der Waals surface area contributed by atoms with E-state index in [4.69, 9.17) is 9.15 Å². The summed E-state index contributed by atoms with van der Waals surface area (Å²) in [6, 6.07) is 3.56. The highest BCUT2D eigenvalue weighted by atomic mass is 16.5. The van der Waals surface area contributed by atoms with Crippen LogP contribution in [0.2, 0.25) is 0 Å². The molecule has 5 nitrogen and oxygen atoms in total. The SMILES string of the molecule is COC(=O)C(C)CN(CCC1=CCCCC1)C(=O)/C=C/c1ccco1. The first-order valence-corrected chi connectivity index (χ1v) is 8.86. The van der Waals surface area contributed by atoms with Crippen LogP contribution in [0, 0.1) is 5.92 Å². The van der Waals surface area contributed by atoms with Gasteiger partial charge < -0.3 is 14.1 Å². The zero-order valence-corrected chi connectivity index (χ0v) is 15.1. The van der Waals surface area contributed by atoms with E-state index in [0.29, 0.717) is 18.8 Å². The Labute approximate surface area is 149 Å². The lowest BCUT2D eigenvalue weighted by Gasteiger charge is -2.25. The summed E-state index contributed by atoms with van der Waals surface area (Å²) in [7, 11) is 1.37. The number of amides is 1. The van der Waals surface area contributed by atoms with Gasteiger partial charge in [0.05, 0.1) is 19.3 Å². The number of carbonyl (C=O) groups excluding carboxylic acids is 2. The van der Waals surface area contributed by atoms with Gasteiger partial charge >= 0.3 is 5.97 Å². The summed E-state index contributed by atoms with van der Waals surface area (Å²) in [5.41, 5.74) is 1.41. The van der Waals surface area contributed by atoms with E-state index in [2.05, 4.69) is 6.08 Å². The van der Waals surface area contributed by atoms with Gasteiger partial charge in [-0.2, -0.15) is 0 Å². The number of nitrogens with zero attached hydrogens (tertiary/aromatic N) is 1. The summed E-state index contributed by atoms with van der Waals surface area (Å²) in [6.07, 6.45) is 12.6. The fraction of sp³-hybridized carbons (Fsp3) is 0.500. The van der Waals surface area contributed by atoms with E-state index in [1.165, 1.54) is 31.6 Å². The zero-order chi connectivity index (χ0) is 18.1. The van der Waals surface area contributed by atoms with E-state index >= 15 is 0 Å². The number of hydrogen-bond donors (Lipinski definition) is 0. The number of rotatable bonds is 8. The van der Waals surface area contributed by atoms with Gasteiger partial charge in [-0.05, 0) is 50.3 Å². The molecule has 25 heavy (non-hydrogen) atoms. The van der Waals surface area contributed by atoms with Crippen LogP contribution in [0.1, 0.15) is 44.8 Å². The van der Waals surface area contributed by atoms with Crippen LogP contribution < -0.4 is 0 Å². The van der Waals surface area contributed by atoms with Gasteiger partial charge in [0.15, 0.2) is 0 Å². The predicted octanol–water partition coefficient (Wildman–Crippen LogP) is 3.82. The van der Waals surface area contributed by atoms with Crippen molar-refractivity contribution in [3.63, 3.8) is 0 Å². The molecule has 1 heterocycles. The average Bonchev–Trinajstić information content (AvgIpc) is 3.16. The normalized spacial score (nSPS) is 15.7. The first-order chi connectivity index (χ1) is 12.1. The van der Waals surface area contributed by atoms with Crippen molar-refractivity contribution in [2.45, 2.75) is 39.0 Å². The van der Waals surface area contributed by atoms with Crippen molar-refractivity contribution in [3.05, 3.63) is 41.9 Å². The van der Waals surface area contributed by atoms with Crippen molar-refractivity contribution in [3.8, 4) is 0 Å². The largest absolute Gasteiger partial charge is 0.469 e. The number of allylic oxidation sites excluding steroid dienone is 1. The van der Waals surface area contributed by atoms with Crippen molar-refractivity contribution in [1.82, 2.24) is 4.90 Å².